The number of aliphatic hydroxyl groups is 1. The molecule has 0 saturated carbocycles. The van der Waals surface area contributed by atoms with Gasteiger partial charge in [-0.25, -0.2) is 19.9 Å². The minimum atomic E-state index is 0.162. The number of anilines is 3. The van der Waals surface area contributed by atoms with Crippen molar-refractivity contribution in [3.05, 3.63) is 53.8 Å². The van der Waals surface area contributed by atoms with Gasteiger partial charge >= 0.3 is 0 Å². The fraction of sp³-hybridized carbons (Fsp3) is 0.357. The zero-order chi connectivity index (χ0) is 27.7. The van der Waals surface area contributed by atoms with Gasteiger partial charge < -0.3 is 35.1 Å². The summed E-state index contributed by atoms with van der Waals surface area (Å²) in [6.45, 7) is 5.91. The van der Waals surface area contributed by atoms with Crippen LogP contribution in [0, 0.1) is 0 Å². The maximum Gasteiger partial charge on any atom is 0.207 e. The molecule has 3 aromatic heterocycles. The molecule has 4 N–H and O–H groups in total. The highest BCUT2D eigenvalue weighted by Gasteiger charge is 2.13. The molecule has 5 rings (SSSR count). The molecule has 0 aliphatic rings. The van der Waals surface area contributed by atoms with E-state index in [4.69, 9.17) is 14.6 Å². The number of aromatic amines is 1. The number of nitrogens with zero attached hydrogens (tertiary/aromatic N) is 5. The van der Waals surface area contributed by atoms with E-state index in [2.05, 4.69) is 47.4 Å². The monoisotopic (exact) mass is 562 g/mol. The zero-order valence-corrected chi connectivity index (χ0v) is 23.5. The molecule has 40 heavy (non-hydrogen) atoms. The summed E-state index contributed by atoms with van der Waals surface area (Å²) in [6.07, 6.45) is 5.07. The summed E-state index contributed by atoms with van der Waals surface area (Å²) < 4.78 is 11.7. The Bertz CT molecular complexity index is 1510. The first-order valence-corrected chi connectivity index (χ1v) is 14.2. The third-order valence-corrected chi connectivity index (χ3v) is 7.47. The predicted molar refractivity (Wildman–Crippen MR) is 159 cm³/mol. The Morgan fingerprint density at radius 2 is 1.98 bits per heavy atom. The van der Waals surface area contributed by atoms with E-state index in [1.54, 1.807) is 24.8 Å². The van der Waals surface area contributed by atoms with Crippen LogP contribution in [0.2, 0.25) is 0 Å². The van der Waals surface area contributed by atoms with Crippen LogP contribution in [0.5, 0.6) is 11.5 Å². The molecule has 0 amide bonds. The van der Waals surface area contributed by atoms with Gasteiger partial charge in [0.05, 0.1) is 36.9 Å². The lowest BCUT2D eigenvalue weighted by Crippen LogP contribution is -2.28. The smallest absolute Gasteiger partial charge is 0.207 e. The van der Waals surface area contributed by atoms with Gasteiger partial charge in [0.1, 0.15) is 12.1 Å². The summed E-state index contributed by atoms with van der Waals surface area (Å²) >= 11 is 1.59. The Kier molecular flexibility index (Phi) is 9.22. The van der Waals surface area contributed by atoms with Crippen molar-refractivity contribution in [3.8, 4) is 11.5 Å². The first-order valence-electron chi connectivity index (χ1n) is 13.4. The highest BCUT2D eigenvalue weighted by atomic mass is 32.1. The summed E-state index contributed by atoms with van der Waals surface area (Å²) in [7, 11) is 1.63. The summed E-state index contributed by atoms with van der Waals surface area (Å²) in [5, 5.41) is 17.5. The van der Waals surface area contributed by atoms with E-state index in [1.165, 1.54) is 0 Å². The number of methoxy groups -OCH3 is 1. The first-order chi connectivity index (χ1) is 19.7. The Morgan fingerprint density at radius 1 is 1.07 bits per heavy atom. The van der Waals surface area contributed by atoms with E-state index in [0.29, 0.717) is 37.1 Å². The molecule has 0 atom stereocenters. The van der Waals surface area contributed by atoms with Gasteiger partial charge in [0, 0.05) is 48.6 Å². The molecule has 0 unspecified atom stereocenters. The van der Waals surface area contributed by atoms with E-state index in [-0.39, 0.29) is 6.61 Å². The van der Waals surface area contributed by atoms with Gasteiger partial charge in [-0.3, -0.25) is 0 Å². The lowest BCUT2D eigenvalue weighted by Gasteiger charge is -2.19. The topological polar surface area (TPSA) is 133 Å². The van der Waals surface area contributed by atoms with Crippen molar-refractivity contribution in [2.75, 3.05) is 57.1 Å². The van der Waals surface area contributed by atoms with Gasteiger partial charge in [-0.1, -0.05) is 19.1 Å². The molecule has 210 valence electrons. The van der Waals surface area contributed by atoms with Crippen molar-refractivity contribution in [3.63, 3.8) is 0 Å². The molecule has 5 aromatic rings. The number of rotatable bonds is 15. The minimum absolute atomic E-state index is 0.162. The van der Waals surface area contributed by atoms with Crippen molar-refractivity contribution in [2.24, 2.45) is 0 Å². The Balaban J connectivity index is 1.17. The number of hydrogen-bond acceptors (Lipinski definition) is 11. The lowest BCUT2D eigenvalue weighted by atomic mass is 10.2. The predicted octanol–water partition coefficient (Wildman–Crippen LogP) is 4.45. The Morgan fingerprint density at radius 3 is 2.80 bits per heavy atom. The average molecular weight is 563 g/mol. The lowest BCUT2D eigenvalue weighted by molar-refractivity contribution is 0.188. The largest absolute Gasteiger partial charge is 0.493 e. The molecule has 0 fully saturated rings. The molecule has 0 bridgehead atoms. The van der Waals surface area contributed by atoms with Crippen molar-refractivity contribution in [1.82, 2.24) is 29.8 Å². The molecular weight excluding hydrogens is 528 g/mol. The number of nitrogens with one attached hydrogen (secondary N) is 3. The second-order valence-corrected chi connectivity index (χ2v) is 10.3. The van der Waals surface area contributed by atoms with Crippen LogP contribution in [0.3, 0.4) is 0 Å². The van der Waals surface area contributed by atoms with Crippen molar-refractivity contribution >= 4 is 50.2 Å². The molecule has 12 heteroatoms. The van der Waals surface area contributed by atoms with Crippen molar-refractivity contribution < 1.29 is 14.6 Å². The SMILES string of the molecule is CCN(CCO)CCCOc1cc2ncnc(NCCc3cnc(Nc4nc5ccccc5[nH]4)s3)c2cc1OC. The summed E-state index contributed by atoms with van der Waals surface area (Å²) in [4.78, 5) is 24.5. The maximum absolute atomic E-state index is 9.16. The van der Waals surface area contributed by atoms with E-state index in [9.17, 15) is 0 Å². The highest BCUT2D eigenvalue weighted by molar-refractivity contribution is 7.15. The van der Waals surface area contributed by atoms with Crippen LogP contribution in [-0.4, -0.2) is 81.4 Å². The quantitative estimate of drug-likeness (QED) is 0.136. The van der Waals surface area contributed by atoms with E-state index in [1.807, 2.05) is 42.6 Å². The van der Waals surface area contributed by atoms with Crippen LogP contribution < -0.4 is 20.1 Å². The van der Waals surface area contributed by atoms with Gasteiger partial charge in [-0.05, 0) is 31.2 Å². The fourth-order valence-electron chi connectivity index (χ4n) is 4.42. The maximum atomic E-state index is 9.16. The number of aliphatic hydroxyl groups excluding tert-OH is 1. The van der Waals surface area contributed by atoms with Crippen molar-refractivity contribution in [1.29, 1.82) is 0 Å². The molecule has 0 spiro atoms. The summed E-state index contributed by atoms with van der Waals surface area (Å²) in [5.74, 6) is 2.70. The zero-order valence-electron chi connectivity index (χ0n) is 22.7. The van der Waals surface area contributed by atoms with E-state index >= 15 is 0 Å². The molecule has 3 heterocycles. The van der Waals surface area contributed by atoms with Gasteiger partial charge in [0.25, 0.3) is 0 Å². The molecule has 11 nitrogen and oxygen atoms in total. The Labute approximate surface area is 236 Å². The van der Waals surface area contributed by atoms with Crippen LogP contribution in [0.1, 0.15) is 18.2 Å². The molecule has 0 aliphatic heterocycles. The number of para-hydroxylation sites is 2. The van der Waals surface area contributed by atoms with Gasteiger partial charge in [-0.2, -0.15) is 0 Å². The number of aromatic nitrogens is 5. The molecule has 0 saturated heterocycles. The number of benzene rings is 2. The second kappa shape index (κ2) is 13.4. The van der Waals surface area contributed by atoms with Crippen LogP contribution in [0.4, 0.5) is 16.9 Å². The fourth-order valence-corrected chi connectivity index (χ4v) is 5.23. The number of imidazole rings is 1. The second-order valence-electron chi connectivity index (χ2n) is 9.14. The van der Waals surface area contributed by atoms with Gasteiger partial charge in [0.2, 0.25) is 5.95 Å². The van der Waals surface area contributed by atoms with Gasteiger partial charge in [0.15, 0.2) is 16.6 Å². The third-order valence-electron chi connectivity index (χ3n) is 6.49. The van der Waals surface area contributed by atoms with Gasteiger partial charge in [-0.15, -0.1) is 11.3 Å². The average Bonchev–Trinajstić information content (AvgIpc) is 3.60. The van der Waals surface area contributed by atoms with E-state index in [0.717, 1.165) is 63.7 Å². The molecule has 0 aliphatic carbocycles. The minimum Gasteiger partial charge on any atom is -0.493 e. The first kappa shape index (κ1) is 27.6. The Hall–Kier alpha value is -4.00. The number of fused-ring (bicyclic) bond motifs is 2. The highest BCUT2D eigenvalue weighted by Crippen LogP contribution is 2.34. The number of hydrogen-bond donors (Lipinski definition) is 4. The summed E-state index contributed by atoms with van der Waals surface area (Å²) in [5.41, 5.74) is 2.67. The third kappa shape index (κ3) is 6.76. The van der Waals surface area contributed by atoms with Crippen LogP contribution in [0.15, 0.2) is 48.9 Å². The standard InChI is InChI=1S/C28H34N8O3S/c1-3-36(12-13-37)11-6-14-39-25-16-23-20(15-24(25)38-2)26(32-18-31-23)29-10-9-19-17-30-28(40-19)35-27-33-21-7-4-5-8-22(21)34-27/h4-5,7-8,15-18,37H,3,6,9-14H2,1-2H3,(H,29,31,32)(H2,30,33,34,35). The normalized spacial score (nSPS) is 11.4. The number of ether oxygens (including phenoxy) is 2. The molecule has 0 radical (unpaired) electrons. The van der Waals surface area contributed by atoms with Crippen LogP contribution >= 0.6 is 11.3 Å². The number of likely N-dealkylation sites (N-methyl/N-ethyl adjacent to an activating group) is 1. The van der Waals surface area contributed by atoms with Crippen molar-refractivity contribution in [2.45, 2.75) is 19.8 Å². The number of H-pyrrole nitrogens is 1. The van der Waals surface area contributed by atoms with Crippen LogP contribution in [-0.2, 0) is 6.42 Å². The van der Waals surface area contributed by atoms with E-state index < -0.39 is 0 Å². The number of thiazole rings is 1. The molecule has 2 aromatic carbocycles. The van der Waals surface area contributed by atoms with Crippen LogP contribution in [0.25, 0.3) is 21.9 Å². The molecular formula is C28H34N8O3S. The summed E-state index contributed by atoms with van der Waals surface area (Å²) in [6, 6.07) is 11.7.